The van der Waals surface area contributed by atoms with E-state index in [2.05, 4.69) is 18.7 Å². The van der Waals surface area contributed by atoms with Crippen LogP contribution in [0.4, 0.5) is 0 Å². The lowest BCUT2D eigenvalue weighted by Crippen LogP contribution is -2.63. The van der Waals surface area contributed by atoms with Gasteiger partial charge in [-0.1, -0.05) is 13.8 Å². The van der Waals surface area contributed by atoms with Gasteiger partial charge >= 0.3 is 0 Å². The molecule has 2 fully saturated rings. The first kappa shape index (κ1) is 10.9. The smallest absolute Gasteiger partial charge is 0.0960 e. The van der Waals surface area contributed by atoms with E-state index >= 15 is 0 Å². The van der Waals surface area contributed by atoms with Gasteiger partial charge in [0.1, 0.15) is 0 Å². The SMILES string of the molecule is COC1CC(N2CCCCC2=N)C1(C)C. The van der Waals surface area contributed by atoms with Crippen LogP contribution in [0, 0.1) is 10.8 Å². The molecule has 0 aromatic rings. The average molecular weight is 210 g/mol. The van der Waals surface area contributed by atoms with Gasteiger partial charge in [-0.2, -0.15) is 0 Å². The number of methoxy groups -OCH3 is 1. The summed E-state index contributed by atoms with van der Waals surface area (Å²) in [5, 5.41) is 8.00. The second-order valence-electron chi connectivity index (χ2n) is 5.39. The lowest BCUT2D eigenvalue weighted by molar-refractivity contribution is -0.124. The van der Waals surface area contributed by atoms with E-state index in [4.69, 9.17) is 10.1 Å². The monoisotopic (exact) mass is 210 g/mol. The Morgan fingerprint density at radius 2 is 2.13 bits per heavy atom. The molecule has 1 aliphatic carbocycles. The molecule has 86 valence electrons. The van der Waals surface area contributed by atoms with Crippen molar-refractivity contribution in [3.63, 3.8) is 0 Å². The van der Waals surface area contributed by atoms with Crippen molar-refractivity contribution in [3.05, 3.63) is 0 Å². The minimum absolute atomic E-state index is 0.207. The fourth-order valence-electron chi connectivity index (χ4n) is 2.99. The van der Waals surface area contributed by atoms with Gasteiger partial charge in [0.15, 0.2) is 0 Å². The van der Waals surface area contributed by atoms with Gasteiger partial charge in [0, 0.05) is 31.5 Å². The molecular weight excluding hydrogens is 188 g/mol. The third kappa shape index (κ3) is 1.67. The Morgan fingerprint density at radius 1 is 1.40 bits per heavy atom. The average Bonchev–Trinajstić information content (AvgIpc) is 2.20. The molecule has 0 aromatic heterocycles. The number of piperidine rings is 1. The number of hydrogen-bond donors (Lipinski definition) is 1. The van der Waals surface area contributed by atoms with Crippen molar-refractivity contribution in [3.8, 4) is 0 Å². The fourth-order valence-corrected chi connectivity index (χ4v) is 2.99. The maximum absolute atomic E-state index is 8.00. The summed E-state index contributed by atoms with van der Waals surface area (Å²) in [6.45, 7) is 5.60. The van der Waals surface area contributed by atoms with Crippen molar-refractivity contribution in [2.75, 3.05) is 13.7 Å². The Kier molecular flexibility index (Phi) is 2.75. The predicted molar refractivity (Wildman–Crippen MR) is 61.3 cm³/mol. The molecule has 1 heterocycles. The molecule has 3 heteroatoms. The number of nitrogens with zero attached hydrogens (tertiary/aromatic N) is 1. The maximum Gasteiger partial charge on any atom is 0.0960 e. The molecule has 1 saturated heterocycles. The minimum atomic E-state index is 0.207. The van der Waals surface area contributed by atoms with Crippen LogP contribution in [0.15, 0.2) is 0 Å². The first-order valence-electron chi connectivity index (χ1n) is 5.94. The number of likely N-dealkylation sites (tertiary alicyclic amines) is 1. The van der Waals surface area contributed by atoms with Crippen LogP contribution in [0.5, 0.6) is 0 Å². The van der Waals surface area contributed by atoms with E-state index < -0.39 is 0 Å². The van der Waals surface area contributed by atoms with Gasteiger partial charge in [-0.3, -0.25) is 5.41 Å². The van der Waals surface area contributed by atoms with E-state index in [1.165, 1.54) is 12.8 Å². The molecule has 0 amide bonds. The van der Waals surface area contributed by atoms with E-state index in [0.717, 1.165) is 25.2 Å². The Balaban J connectivity index is 2.03. The fraction of sp³-hybridized carbons (Fsp3) is 0.917. The maximum atomic E-state index is 8.00. The van der Waals surface area contributed by atoms with Gasteiger partial charge in [-0.15, -0.1) is 0 Å². The Hall–Kier alpha value is -0.570. The number of ether oxygens (including phenoxy) is 1. The molecule has 1 saturated carbocycles. The normalized spacial score (nSPS) is 35.1. The zero-order valence-electron chi connectivity index (χ0n) is 10.0. The molecule has 1 aliphatic heterocycles. The number of amidine groups is 1. The van der Waals surface area contributed by atoms with Crippen molar-refractivity contribution in [2.24, 2.45) is 5.41 Å². The Bertz CT molecular complexity index is 262. The summed E-state index contributed by atoms with van der Waals surface area (Å²) in [5.74, 6) is 0.842. The van der Waals surface area contributed by atoms with Crippen molar-refractivity contribution in [1.29, 1.82) is 5.41 Å². The van der Waals surface area contributed by atoms with E-state index in [1.54, 1.807) is 7.11 Å². The number of hydrogen-bond acceptors (Lipinski definition) is 2. The molecule has 0 bridgehead atoms. The van der Waals surface area contributed by atoms with E-state index in [-0.39, 0.29) is 5.41 Å². The van der Waals surface area contributed by atoms with Crippen molar-refractivity contribution in [2.45, 2.75) is 51.7 Å². The van der Waals surface area contributed by atoms with Gasteiger partial charge in [0.2, 0.25) is 0 Å². The molecule has 1 N–H and O–H groups in total. The molecule has 2 rings (SSSR count). The highest BCUT2D eigenvalue weighted by molar-refractivity contribution is 5.80. The summed E-state index contributed by atoms with van der Waals surface area (Å²) in [7, 11) is 1.80. The minimum Gasteiger partial charge on any atom is -0.381 e. The van der Waals surface area contributed by atoms with Crippen molar-refractivity contribution >= 4 is 5.84 Å². The molecule has 0 aromatic carbocycles. The zero-order valence-corrected chi connectivity index (χ0v) is 10.0. The quantitative estimate of drug-likeness (QED) is 0.759. The molecule has 3 nitrogen and oxygen atoms in total. The van der Waals surface area contributed by atoms with Gasteiger partial charge in [-0.25, -0.2) is 0 Å². The van der Waals surface area contributed by atoms with Crippen LogP contribution in [-0.4, -0.2) is 36.5 Å². The van der Waals surface area contributed by atoms with Crippen LogP contribution < -0.4 is 0 Å². The second-order valence-corrected chi connectivity index (χ2v) is 5.39. The lowest BCUT2D eigenvalue weighted by atomic mass is 9.63. The van der Waals surface area contributed by atoms with E-state index in [0.29, 0.717) is 12.1 Å². The summed E-state index contributed by atoms with van der Waals surface area (Å²) < 4.78 is 5.46. The second kappa shape index (κ2) is 3.78. The van der Waals surface area contributed by atoms with E-state index in [9.17, 15) is 0 Å². The van der Waals surface area contributed by atoms with E-state index in [1.807, 2.05) is 0 Å². The van der Waals surface area contributed by atoms with Crippen LogP contribution in [-0.2, 0) is 4.74 Å². The third-order valence-corrected chi connectivity index (χ3v) is 4.20. The van der Waals surface area contributed by atoms with Crippen LogP contribution >= 0.6 is 0 Å². The first-order valence-corrected chi connectivity index (χ1v) is 5.94. The lowest BCUT2D eigenvalue weighted by Gasteiger charge is -2.56. The van der Waals surface area contributed by atoms with Crippen LogP contribution in [0.1, 0.15) is 39.5 Å². The molecule has 2 aliphatic rings. The van der Waals surface area contributed by atoms with Crippen molar-refractivity contribution < 1.29 is 4.74 Å². The summed E-state index contributed by atoms with van der Waals surface area (Å²) in [5.41, 5.74) is 0.207. The van der Waals surface area contributed by atoms with Crippen LogP contribution in [0.2, 0.25) is 0 Å². The third-order valence-electron chi connectivity index (χ3n) is 4.20. The Morgan fingerprint density at radius 3 is 2.67 bits per heavy atom. The standard InChI is InChI=1S/C12H22N2O/c1-12(2)9(8-10(12)15-3)14-7-5-4-6-11(14)13/h9-10,13H,4-8H2,1-3H3. The highest BCUT2D eigenvalue weighted by Gasteiger charge is 2.51. The Labute approximate surface area is 92.3 Å². The summed E-state index contributed by atoms with van der Waals surface area (Å²) in [6.07, 6.45) is 4.86. The number of rotatable bonds is 2. The van der Waals surface area contributed by atoms with Gasteiger partial charge in [-0.05, 0) is 19.3 Å². The summed E-state index contributed by atoms with van der Waals surface area (Å²) in [4.78, 5) is 2.30. The molecular formula is C12H22N2O. The van der Waals surface area contributed by atoms with Crippen LogP contribution in [0.25, 0.3) is 0 Å². The zero-order chi connectivity index (χ0) is 11.1. The topological polar surface area (TPSA) is 36.3 Å². The largest absolute Gasteiger partial charge is 0.381 e. The first-order chi connectivity index (χ1) is 7.07. The number of nitrogens with one attached hydrogen (secondary N) is 1. The van der Waals surface area contributed by atoms with Gasteiger partial charge in [0.05, 0.1) is 11.9 Å². The van der Waals surface area contributed by atoms with Crippen LogP contribution in [0.3, 0.4) is 0 Å². The molecule has 0 spiro atoms. The molecule has 15 heavy (non-hydrogen) atoms. The highest BCUT2D eigenvalue weighted by atomic mass is 16.5. The van der Waals surface area contributed by atoms with Crippen molar-refractivity contribution in [1.82, 2.24) is 4.90 Å². The highest BCUT2D eigenvalue weighted by Crippen LogP contribution is 2.46. The molecule has 2 atom stereocenters. The van der Waals surface area contributed by atoms with Gasteiger partial charge < -0.3 is 9.64 Å². The molecule has 0 radical (unpaired) electrons. The molecule has 2 unspecified atom stereocenters. The van der Waals surface area contributed by atoms with Gasteiger partial charge in [0.25, 0.3) is 0 Å². The summed E-state index contributed by atoms with van der Waals surface area (Å²) in [6, 6.07) is 0.523. The predicted octanol–water partition coefficient (Wildman–Crippen LogP) is 2.26. The summed E-state index contributed by atoms with van der Waals surface area (Å²) >= 11 is 0.